The first kappa shape index (κ1) is 30.5. The number of hydrogen-bond acceptors (Lipinski definition) is 5. The molecule has 2 atom stereocenters. The van der Waals surface area contributed by atoms with Gasteiger partial charge in [-0.05, 0) is 55.5 Å². The van der Waals surface area contributed by atoms with E-state index in [0.717, 1.165) is 17.7 Å². The number of carbonyl (C=O) groups is 2. The number of H-pyrrole nitrogens is 1. The van der Waals surface area contributed by atoms with E-state index < -0.39 is 36.0 Å². The number of anilines is 1. The molecule has 8 nitrogen and oxygen atoms in total. The SMILES string of the molecule is Cc1ncc(C(Cc2ccc(C#N)cc2)N2C(=O)C(=O)N(c3cccc(OC(F)(F)F)c3)C[C@@H]2CC(C)C)[nH]1.Cl. The minimum Gasteiger partial charge on any atom is -0.406 e. The van der Waals surface area contributed by atoms with Crippen molar-refractivity contribution in [2.75, 3.05) is 11.4 Å². The highest BCUT2D eigenvalue weighted by atomic mass is 35.5. The summed E-state index contributed by atoms with van der Waals surface area (Å²) < 4.78 is 42.4. The van der Waals surface area contributed by atoms with Crippen molar-refractivity contribution in [2.24, 2.45) is 5.92 Å². The average Bonchev–Trinajstić information content (AvgIpc) is 3.30. The van der Waals surface area contributed by atoms with Gasteiger partial charge in [0.05, 0.1) is 35.6 Å². The topological polar surface area (TPSA) is 102 Å². The summed E-state index contributed by atoms with van der Waals surface area (Å²) in [5, 5.41) is 9.15. The van der Waals surface area contributed by atoms with Crippen molar-refractivity contribution in [1.82, 2.24) is 14.9 Å². The molecule has 2 aromatic carbocycles. The van der Waals surface area contributed by atoms with Gasteiger partial charge in [-0.15, -0.1) is 25.6 Å². The molecule has 4 rings (SSSR count). The Balaban J connectivity index is 0.00000441. The number of imidazole rings is 1. The molecule has 0 aliphatic carbocycles. The lowest BCUT2D eigenvalue weighted by Gasteiger charge is -2.45. The van der Waals surface area contributed by atoms with E-state index in [1.54, 1.807) is 42.3 Å². The van der Waals surface area contributed by atoms with Gasteiger partial charge in [-0.3, -0.25) is 9.59 Å². The predicted molar refractivity (Wildman–Crippen MR) is 144 cm³/mol. The maximum atomic E-state index is 13.8. The van der Waals surface area contributed by atoms with Gasteiger partial charge in [0.25, 0.3) is 0 Å². The number of halogens is 4. The van der Waals surface area contributed by atoms with Crippen LogP contribution in [0.1, 0.15) is 49.0 Å². The van der Waals surface area contributed by atoms with Gasteiger partial charge < -0.3 is 19.5 Å². The molecule has 0 saturated carbocycles. The lowest BCUT2D eigenvalue weighted by molar-refractivity contribution is -0.274. The van der Waals surface area contributed by atoms with Crippen molar-refractivity contribution in [3.8, 4) is 11.8 Å². The Labute approximate surface area is 236 Å². The molecule has 1 fully saturated rings. The first-order chi connectivity index (χ1) is 18.4. The van der Waals surface area contributed by atoms with Crippen molar-refractivity contribution in [3.63, 3.8) is 0 Å². The van der Waals surface area contributed by atoms with Crippen LogP contribution in [0.25, 0.3) is 0 Å². The molecule has 40 heavy (non-hydrogen) atoms. The van der Waals surface area contributed by atoms with E-state index in [2.05, 4.69) is 20.8 Å². The summed E-state index contributed by atoms with van der Waals surface area (Å²) in [4.78, 5) is 37.5. The third kappa shape index (κ3) is 7.12. The van der Waals surface area contributed by atoms with Crippen LogP contribution in [0.4, 0.5) is 18.9 Å². The fourth-order valence-corrected chi connectivity index (χ4v) is 4.88. The predicted octanol–water partition coefficient (Wildman–Crippen LogP) is 5.48. The molecule has 1 saturated heterocycles. The van der Waals surface area contributed by atoms with E-state index in [4.69, 9.17) is 5.26 Å². The molecule has 1 aliphatic heterocycles. The van der Waals surface area contributed by atoms with E-state index in [0.29, 0.717) is 29.9 Å². The largest absolute Gasteiger partial charge is 0.573 e. The van der Waals surface area contributed by atoms with Crippen LogP contribution in [0.3, 0.4) is 0 Å². The second-order valence-electron chi connectivity index (χ2n) is 9.91. The molecule has 2 heterocycles. The van der Waals surface area contributed by atoms with Gasteiger partial charge in [0.15, 0.2) is 0 Å². The summed E-state index contributed by atoms with van der Waals surface area (Å²) in [6.07, 6.45) is -2.35. The average molecular weight is 576 g/mol. The van der Waals surface area contributed by atoms with Gasteiger partial charge in [-0.1, -0.05) is 32.0 Å². The van der Waals surface area contributed by atoms with Gasteiger partial charge in [-0.2, -0.15) is 5.26 Å². The lowest BCUT2D eigenvalue weighted by Crippen LogP contribution is -2.61. The van der Waals surface area contributed by atoms with Crippen LogP contribution in [-0.4, -0.2) is 45.6 Å². The number of rotatable bonds is 8. The number of piperazine rings is 1. The van der Waals surface area contributed by atoms with Gasteiger partial charge in [0.1, 0.15) is 11.6 Å². The Morgan fingerprint density at radius 2 is 1.85 bits per heavy atom. The number of nitrogens with one attached hydrogen (secondary N) is 1. The van der Waals surface area contributed by atoms with Crippen LogP contribution in [0.5, 0.6) is 5.75 Å². The quantitative estimate of drug-likeness (QED) is 0.358. The zero-order chi connectivity index (χ0) is 28.3. The summed E-state index contributed by atoms with van der Waals surface area (Å²) in [5.74, 6) is -1.29. The molecule has 12 heteroatoms. The van der Waals surface area contributed by atoms with E-state index in [1.807, 2.05) is 13.8 Å². The van der Waals surface area contributed by atoms with Crippen LogP contribution >= 0.6 is 12.4 Å². The summed E-state index contributed by atoms with van der Waals surface area (Å²) in [6, 6.07) is 13.1. The smallest absolute Gasteiger partial charge is 0.406 e. The van der Waals surface area contributed by atoms with Gasteiger partial charge in [0.2, 0.25) is 0 Å². The van der Waals surface area contributed by atoms with Crippen molar-refractivity contribution in [1.29, 1.82) is 5.26 Å². The maximum Gasteiger partial charge on any atom is 0.573 e. The lowest BCUT2D eigenvalue weighted by atomic mass is 9.93. The number of ether oxygens (including phenoxy) is 1. The molecule has 3 aromatic rings. The highest BCUT2D eigenvalue weighted by molar-refractivity contribution is 6.41. The van der Waals surface area contributed by atoms with Crippen LogP contribution in [0, 0.1) is 24.2 Å². The molecule has 1 aromatic heterocycles. The molecule has 0 spiro atoms. The number of carbonyl (C=O) groups excluding carboxylic acids is 2. The number of nitrogens with zero attached hydrogens (tertiary/aromatic N) is 4. The molecule has 1 N–H and O–H groups in total. The Bertz CT molecular complexity index is 1380. The van der Waals surface area contributed by atoms with Crippen molar-refractivity contribution >= 4 is 29.9 Å². The van der Waals surface area contributed by atoms with E-state index in [1.165, 1.54) is 17.0 Å². The van der Waals surface area contributed by atoms with Crippen LogP contribution in [0.2, 0.25) is 0 Å². The third-order valence-electron chi connectivity index (χ3n) is 6.49. The number of aryl methyl sites for hydroxylation is 1. The Hall–Kier alpha value is -4.04. The van der Waals surface area contributed by atoms with Crippen molar-refractivity contribution in [3.05, 3.63) is 77.4 Å². The number of aromatic nitrogens is 2. The first-order valence-corrected chi connectivity index (χ1v) is 12.5. The second kappa shape index (κ2) is 12.4. The zero-order valence-electron chi connectivity index (χ0n) is 22.1. The molecule has 0 radical (unpaired) electrons. The number of benzene rings is 2. The van der Waals surface area contributed by atoms with Crippen LogP contribution < -0.4 is 9.64 Å². The number of amides is 2. The van der Waals surface area contributed by atoms with Crippen LogP contribution in [0.15, 0.2) is 54.7 Å². The fraction of sp³-hybridized carbons (Fsp3) is 0.357. The Kier molecular flexibility index (Phi) is 9.48. The third-order valence-corrected chi connectivity index (χ3v) is 6.49. The summed E-state index contributed by atoms with van der Waals surface area (Å²) in [7, 11) is 0. The summed E-state index contributed by atoms with van der Waals surface area (Å²) >= 11 is 0. The molecule has 1 unspecified atom stereocenters. The van der Waals surface area contributed by atoms with Gasteiger partial charge in [0, 0.05) is 18.3 Å². The molecule has 212 valence electrons. The number of hydrogen-bond donors (Lipinski definition) is 1. The second-order valence-corrected chi connectivity index (χ2v) is 9.91. The minimum absolute atomic E-state index is 0. The molecule has 0 bridgehead atoms. The molecule has 2 amide bonds. The summed E-state index contributed by atoms with van der Waals surface area (Å²) in [5.41, 5.74) is 2.15. The number of aromatic amines is 1. The molecule has 1 aliphatic rings. The number of alkyl halides is 3. The maximum absolute atomic E-state index is 13.8. The van der Waals surface area contributed by atoms with Gasteiger partial charge >= 0.3 is 18.2 Å². The normalized spacial score (nSPS) is 16.5. The van der Waals surface area contributed by atoms with E-state index in [9.17, 15) is 22.8 Å². The Morgan fingerprint density at radius 3 is 2.42 bits per heavy atom. The van der Waals surface area contributed by atoms with E-state index >= 15 is 0 Å². The van der Waals surface area contributed by atoms with Crippen LogP contribution in [-0.2, 0) is 16.0 Å². The number of nitriles is 1. The minimum atomic E-state index is -4.89. The van der Waals surface area contributed by atoms with E-state index in [-0.39, 0.29) is 30.6 Å². The first-order valence-electron chi connectivity index (χ1n) is 12.5. The Morgan fingerprint density at radius 1 is 1.15 bits per heavy atom. The highest BCUT2D eigenvalue weighted by Gasteiger charge is 2.44. The van der Waals surface area contributed by atoms with Gasteiger partial charge in [-0.25, -0.2) is 4.98 Å². The highest BCUT2D eigenvalue weighted by Crippen LogP contribution is 2.34. The standard InChI is InChI=1S/C28H28F3N5O3.ClH/c1-17(2)11-22-16-35(21-5-4-6-23(13-21)39-28(29,30)31)26(37)27(38)36(22)25(24-15-33-18(3)34-24)12-19-7-9-20(14-32)10-8-19;/h4-10,13,15,17,22,25H,11-12,16H2,1-3H3,(H,33,34);1H/t22-,25?;/m0./s1. The fourth-order valence-electron chi connectivity index (χ4n) is 4.88. The van der Waals surface area contributed by atoms with Crippen molar-refractivity contribution in [2.45, 2.75) is 52.1 Å². The molecular weight excluding hydrogens is 547 g/mol. The monoisotopic (exact) mass is 575 g/mol. The zero-order valence-corrected chi connectivity index (χ0v) is 22.9. The van der Waals surface area contributed by atoms with Crippen molar-refractivity contribution < 1.29 is 27.5 Å². The molecular formula is C28H29ClF3N5O3. The summed E-state index contributed by atoms with van der Waals surface area (Å²) in [6.45, 7) is 5.87.